The second kappa shape index (κ2) is 7.09. The van der Waals surface area contributed by atoms with E-state index in [9.17, 15) is 4.79 Å². The predicted octanol–water partition coefficient (Wildman–Crippen LogP) is 0.553. The van der Waals surface area contributed by atoms with E-state index in [4.69, 9.17) is 17.3 Å². The molecule has 2 heterocycles. The average Bonchev–Trinajstić information content (AvgIpc) is 3.13. The van der Waals surface area contributed by atoms with E-state index in [0.717, 1.165) is 10.4 Å². The Bertz CT molecular complexity index is 916. The van der Waals surface area contributed by atoms with Crippen molar-refractivity contribution in [3.63, 3.8) is 0 Å². The number of carbonyl (C=O) groups is 1. The van der Waals surface area contributed by atoms with Crippen molar-refractivity contribution in [3.05, 3.63) is 46.7 Å². The number of hydrogen-bond donors (Lipinski definition) is 2. The number of hydrogen-bond acceptors (Lipinski definition) is 7. The van der Waals surface area contributed by atoms with Crippen LogP contribution in [0.25, 0.3) is 5.69 Å². The van der Waals surface area contributed by atoms with Crippen LogP contribution in [0.2, 0.25) is 5.15 Å². The highest BCUT2D eigenvalue weighted by atomic mass is 35.5. The Kier molecular flexibility index (Phi) is 4.70. The number of hydrazone groups is 1. The number of para-hydroxylation sites is 1. The third-order valence-electron chi connectivity index (χ3n) is 3.28. The number of carbonyl (C=O) groups excluding carboxylic acids is 1. The summed E-state index contributed by atoms with van der Waals surface area (Å²) in [5.41, 5.74) is 9.96. The highest BCUT2D eigenvalue weighted by Gasteiger charge is 2.13. The topological polar surface area (TPSA) is 129 Å². The molecule has 0 bridgehead atoms. The zero-order valence-corrected chi connectivity index (χ0v) is 13.9. The van der Waals surface area contributed by atoms with E-state index in [0.29, 0.717) is 16.4 Å². The van der Waals surface area contributed by atoms with Gasteiger partial charge >= 0.3 is 0 Å². The van der Waals surface area contributed by atoms with Crippen LogP contribution in [0.15, 0.2) is 35.4 Å². The molecule has 0 aliphatic rings. The van der Waals surface area contributed by atoms with Crippen LogP contribution in [0.5, 0.6) is 0 Å². The van der Waals surface area contributed by atoms with Crippen LogP contribution in [0, 0.1) is 6.92 Å². The molecular formula is C14H14ClN9O. The fourth-order valence-corrected chi connectivity index (χ4v) is 2.38. The lowest BCUT2D eigenvalue weighted by Gasteiger charge is -2.02. The first-order chi connectivity index (χ1) is 12.1. The van der Waals surface area contributed by atoms with Gasteiger partial charge in [-0.25, -0.2) is 14.8 Å². The van der Waals surface area contributed by atoms with E-state index in [1.165, 1.54) is 6.21 Å². The summed E-state index contributed by atoms with van der Waals surface area (Å²) >= 11 is 6.36. The Labute approximate surface area is 147 Å². The molecule has 0 aliphatic heterocycles. The quantitative estimate of drug-likeness (QED) is 0.505. The van der Waals surface area contributed by atoms with Gasteiger partial charge < -0.3 is 5.73 Å². The maximum atomic E-state index is 11.8. The minimum atomic E-state index is -0.431. The van der Waals surface area contributed by atoms with Crippen molar-refractivity contribution in [2.45, 2.75) is 13.5 Å². The molecule has 1 amide bonds. The van der Waals surface area contributed by atoms with E-state index >= 15 is 0 Å². The number of nitrogens with one attached hydrogen (secondary N) is 1. The molecule has 3 N–H and O–H groups in total. The monoisotopic (exact) mass is 359 g/mol. The first-order valence-corrected chi connectivity index (χ1v) is 7.58. The Morgan fingerprint density at radius 2 is 2.16 bits per heavy atom. The van der Waals surface area contributed by atoms with Crippen LogP contribution in [-0.2, 0) is 11.3 Å². The van der Waals surface area contributed by atoms with Crippen molar-refractivity contribution < 1.29 is 4.79 Å². The minimum Gasteiger partial charge on any atom is -0.367 e. The number of nitrogens with zero attached hydrogens (tertiary/aromatic N) is 7. The molecule has 0 aliphatic carbocycles. The largest absolute Gasteiger partial charge is 0.367 e. The van der Waals surface area contributed by atoms with Gasteiger partial charge in [-0.1, -0.05) is 34.9 Å². The lowest BCUT2D eigenvalue weighted by molar-refractivity contribution is -0.121. The van der Waals surface area contributed by atoms with Crippen LogP contribution in [0.3, 0.4) is 0 Å². The van der Waals surface area contributed by atoms with E-state index in [1.807, 2.05) is 30.3 Å². The van der Waals surface area contributed by atoms with Crippen LogP contribution in [0.1, 0.15) is 11.3 Å². The van der Waals surface area contributed by atoms with Crippen molar-refractivity contribution in [1.29, 1.82) is 0 Å². The molecular weight excluding hydrogens is 346 g/mol. The Morgan fingerprint density at radius 3 is 2.84 bits per heavy atom. The van der Waals surface area contributed by atoms with Crippen LogP contribution in [0.4, 0.5) is 5.95 Å². The summed E-state index contributed by atoms with van der Waals surface area (Å²) in [5.74, 6) is -0.387. The number of halogens is 1. The fraction of sp³-hybridized carbons (Fsp3) is 0.143. The molecule has 0 atom stereocenters. The number of amides is 1. The van der Waals surface area contributed by atoms with Crippen LogP contribution < -0.4 is 11.2 Å². The van der Waals surface area contributed by atoms with Crippen molar-refractivity contribution in [1.82, 2.24) is 35.4 Å². The van der Waals surface area contributed by atoms with Gasteiger partial charge in [0, 0.05) is 0 Å². The van der Waals surface area contributed by atoms with Gasteiger partial charge in [-0.15, -0.1) is 0 Å². The van der Waals surface area contributed by atoms with Crippen molar-refractivity contribution in [2.24, 2.45) is 5.10 Å². The predicted molar refractivity (Wildman–Crippen MR) is 91.3 cm³/mol. The van der Waals surface area contributed by atoms with E-state index < -0.39 is 5.91 Å². The van der Waals surface area contributed by atoms with Gasteiger partial charge in [-0.2, -0.15) is 10.2 Å². The summed E-state index contributed by atoms with van der Waals surface area (Å²) in [6, 6.07) is 9.46. The number of nitrogens with two attached hydrogens (primary N) is 1. The molecule has 3 aromatic rings. The molecule has 0 radical (unpaired) electrons. The molecule has 25 heavy (non-hydrogen) atoms. The molecule has 0 fully saturated rings. The van der Waals surface area contributed by atoms with Gasteiger partial charge in [0.2, 0.25) is 5.95 Å². The minimum absolute atomic E-state index is 0.0437. The maximum Gasteiger partial charge on any atom is 0.261 e. The van der Waals surface area contributed by atoms with E-state index in [1.54, 1.807) is 11.6 Å². The lowest BCUT2D eigenvalue weighted by atomic mass is 10.3. The Balaban J connectivity index is 1.70. The van der Waals surface area contributed by atoms with Gasteiger partial charge in [0.25, 0.3) is 5.91 Å². The summed E-state index contributed by atoms with van der Waals surface area (Å²) in [7, 11) is 0. The Morgan fingerprint density at radius 1 is 1.40 bits per heavy atom. The smallest absolute Gasteiger partial charge is 0.261 e. The molecule has 0 saturated carbocycles. The number of anilines is 1. The molecule has 0 spiro atoms. The molecule has 10 nitrogen and oxygen atoms in total. The van der Waals surface area contributed by atoms with E-state index in [2.05, 4.69) is 31.2 Å². The molecule has 2 aromatic heterocycles. The number of tetrazole rings is 1. The second-order valence-electron chi connectivity index (χ2n) is 5.03. The molecule has 3 rings (SSSR count). The first-order valence-electron chi connectivity index (χ1n) is 7.20. The number of rotatable bonds is 5. The third-order valence-corrected chi connectivity index (χ3v) is 3.65. The molecule has 0 unspecified atom stereocenters. The van der Waals surface area contributed by atoms with E-state index in [-0.39, 0.29) is 12.5 Å². The first kappa shape index (κ1) is 16.6. The lowest BCUT2D eigenvalue weighted by Crippen LogP contribution is -2.24. The zero-order chi connectivity index (χ0) is 17.8. The number of benzene rings is 1. The SMILES string of the molecule is Cc1nn(-c2ccccc2)c(Cl)c1/C=N/NC(=O)Cn1nnnc1N. The average molecular weight is 360 g/mol. The summed E-state index contributed by atoms with van der Waals surface area (Å²) < 4.78 is 2.75. The summed E-state index contributed by atoms with van der Waals surface area (Å²) in [6.45, 7) is 1.66. The number of aromatic nitrogens is 6. The zero-order valence-electron chi connectivity index (χ0n) is 13.2. The molecule has 128 valence electrons. The third kappa shape index (κ3) is 3.63. The second-order valence-corrected chi connectivity index (χ2v) is 5.38. The van der Waals surface area contributed by atoms with Gasteiger partial charge in [-0.3, -0.25) is 4.79 Å². The maximum absolute atomic E-state index is 11.8. The molecule has 1 aromatic carbocycles. The highest BCUT2D eigenvalue weighted by Crippen LogP contribution is 2.21. The van der Waals surface area contributed by atoms with Gasteiger partial charge in [0.05, 0.1) is 23.2 Å². The van der Waals surface area contributed by atoms with Gasteiger partial charge in [-0.05, 0) is 29.5 Å². The van der Waals surface area contributed by atoms with Crippen molar-refractivity contribution in [2.75, 3.05) is 5.73 Å². The normalized spacial score (nSPS) is 11.1. The summed E-state index contributed by atoms with van der Waals surface area (Å²) in [4.78, 5) is 11.8. The summed E-state index contributed by atoms with van der Waals surface area (Å²) in [5, 5.41) is 19.1. The van der Waals surface area contributed by atoms with Crippen LogP contribution in [-0.4, -0.2) is 42.1 Å². The number of nitrogen functional groups attached to an aromatic ring is 1. The molecule has 0 saturated heterocycles. The molecule has 11 heteroatoms. The standard InChI is InChI=1S/C14H14ClN9O/c1-9-11(13(15)24(20-9)10-5-3-2-4-6-10)7-17-18-12(25)8-23-14(16)19-21-22-23/h2-7H,8H2,1H3,(H,18,25)(H2,16,19,22)/b17-7+. The van der Waals surface area contributed by atoms with Crippen LogP contribution >= 0.6 is 11.6 Å². The van der Waals surface area contributed by atoms with Gasteiger partial charge in [0.1, 0.15) is 11.7 Å². The Hall–Kier alpha value is -3.27. The van der Waals surface area contributed by atoms with Crippen molar-refractivity contribution in [3.8, 4) is 5.69 Å². The van der Waals surface area contributed by atoms with Gasteiger partial charge in [0.15, 0.2) is 0 Å². The summed E-state index contributed by atoms with van der Waals surface area (Å²) in [6.07, 6.45) is 1.44. The highest BCUT2D eigenvalue weighted by molar-refractivity contribution is 6.32. The van der Waals surface area contributed by atoms with Crippen molar-refractivity contribution >= 4 is 29.7 Å². The fourth-order valence-electron chi connectivity index (χ4n) is 2.06. The number of aryl methyl sites for hydroxylation is 1.